The van der Waals surface area contributed by atoms with Gasteiger partial charge >= 0.3 is 0 Å². The molecule has 0 radical (unpaired) electrons. The van der Waals surface area contributed by atoms with Gasteiger partial charge in [0.25, 0.3) is 0 Å². The third-order valence-electron chi connectivity index (χ3n) is 2.45. The van der Waals surface area contributed by atoms with Crippen molar-refractivity contribution in [2.75, 3.05) is 0 Å². The van der Waals surface area contributed by atoms with Gasteiger partial charge in [-0.1, -0.05) is 0 Å². The third kappa shape index (κ3) is 2.48. The lowest BCUT2D eigenvalue weighted by atomic mass is 10.1. The van der Waals surface area contributed by atoms with E-state index < -0.39 is 0 Å². The fourth-order valence-electron chi connectivity index (χ4n) is 1.49. The fourth-order valence-corrected chi connectivity index (χ4v) is 1.49. The summed E-state index contributed by atoms with van der Waals surface area (Å²) in [5, 5.41) is 0. The highest BCUT2D eigenvalue weighted by Crippen LogP contribution is 2.42. The lowest BCUT2D eigenvalue weighted by Gasteiger charge is -2.21. The second-order valence-electron chi connectivity index (χ2n) is 5.25. The van der Waals surface area contributed by atoms with Crippen LogP contribution in [0.4, 0.5) is 0 Å². The molecule has 1 heterocycles. The van der Waals surface area contributed by atoms with Crippen LogP contribution in [0.15, 0.2) is 18.3 Å². The Morgan fingerprint density at radius 1 is 1.40 bits per heavy atom. The van der Waals surface area contributed by atoms with Crippen LogP contribution < -0.4 is 10.5 Å². The number of aromatic nitrogens is 1. The Morgan fingerprint density at radius 2 is 2.07 bits per heavy atom. The lowest BCUT2D eigenvalue weighted by Crippen LogP contribution is -2.24. The van der Waals surface area contributed by atoms with Crippen LogP contribution in [-0.2, 0) is 5.54 Å². The summed E-state index contributed by atoms with van der Waals surface area (Å²) in [5.41, 5.74) is 6.67. The molecule has 15 heavy (non-hydrogen) atoms. The van der Waals surface area contributed by atoms with Crippen molar-refractivity contribution >= 4 is 0 Å². The number of hydrogen-bond donors (Lipinski definition) is 1. The molecular weight excluding hydrogens is 188 g/mol. The molecule has 1 aliphatic rings. The molecule has 1 aromatic heterocycles. The van der Waals surface area contributed by atoms with Crippen molar-refractivity contribution in [1.82, 2.24) is 4.98 Å². The third-order valence-corrected chi connectivity index (χ3v) is 2.45. The van der Waals surface area contributed by atoms with E-state index in [2.05, 4.69) is 4.98 Å². The first-order chi connectivity index (χ1) is 6.89. The van der Waals surface area contributed by atoms with Crippen LogP contribution in [0.25, 0.3) is 0 Å². The Kier molecular flexibility index (Phi) is 2.23. The van der Waals surface area contributed by atoms with E-state index in [1.165, 1.54) is 0 Å². The van der Waals surface area contributed by atoms with Gasteiger partial charge < -0.3 is 10.5 Å². The quantitative estimate of drug-likeness (QED) is 0.807. The minimum Gasteiger partial charge on any atom is -0.488 e. The highest BCUT2D eigenvalue weighted by atomic mass is 16.5. The second-order valence-corrected chi connectivity index (χ2v) is 5.25. The molecule has 0 saturated heterocycles. The molecule has 3 heteroatoms. The van der Waals surface area contributed by atoms with Crippen LogP contribution in [0.3, 0.4) is 0 Å². The van der Waals surface area contributed by atoms with E-state index in [1.54, 1.807) is 6.20 Å². The molecule has 0 bridgehead atoms. The molecule has 1 fully saturated rings. The Bertz CT molecular complexity index is 364. The predicted molar refractivity (Wildman–Crippen MR) is 59.7 cm³/mol. The van der Waals surface area contributed by atoms with E-state index >= 15 is 0 Å². The van der Waals surface area contributed by atoms with Gasteiger partial charge in [0.2, 0.25) is 0 Å². The highest BCUT2D eigenvalue weighted by molar-refractivity contribution is 5.30. The van der Waals surface area contributed by atoms with Gasteiger partial charge in [-0.15, -0.1) is 0 Å². The van der Waals surface area contributed by atoms with Crippen LogP contribution in [0, 0.1) is 0 Å². The summed E-state index contributed by atoms with van der Waals surface area (Å²) in [7, 11) is 0. The van der Waals surface area contributed by atoms with E-state index in [-0.39, 0.29) is 11.1 Å². The van der Waals surface area contributed by atoms with Crippen molar-refractivity contribution in [2.45, 2.75) is 44.8 Å². The summed E-state index contributed by atoms with van der Waals surface area (Å²) in [4.78, 5) is 4.30. The molecular formula is C12H18N2O. The summed E-state index contributed by atoms with van der Waals surface area (Å²) in [6, 6.07) is 3.83. The summed E-state index contributed by atoms with van der Waals surface area (Å²) in [5.74, 6) is 0.851. The molecule has 0 aliphatic heterocycles. The summed E-state index contributed by atoms with van der Waals surface area (Å²) in [6.07, 6.45) is 3.82. The normalized spacial score (nSPS) is 18.7. The Labute approximate surface area is 90.7 Å². The van der Waals surface area contributed by atoms with Crippen LogP contribution >= 0.6 is 0 Å². The van der Waals surface area contributed by atoms with E-state index in [9.17, 15) is 0 Å². The van der Waals surface area contributed by atoms with Crippen molar-refractivity contribution in [3.63, 3.8) is 0 Å². The maximum atomic E-state index is 6.08. The van der Waals surface area contributed by atoms with Crippen LogP contribution in [0.5, 0.6) is 5.75 Å². The lowest BCUT2D eigenvalue weighted by molar-refractivity contribution is 0.130. The van der Waals surface area contributed by atoms with Crippen molar-refractivity contribution in [3.05, 3.63) is 24.0 Å². The Hall–Kier alpha value is -1.09. The maximum Gasteiger partial charge on any atom is 0.123 e. The number of hydrogen-bond acceptors (Lipinski definition) is 3. The molecule has 1 aromatic rings. The first-order valence-corrected chi connectivity index (χ1v) is 5.34. The van der Waals surface area contributed by atoms with Gasteiger partial charge in [-0.3, -0.25) is 4.98 Å². The standard InChI is InChI=1S/C12H18N2O/c1-11(2,3)15-9-4-7-14-10(8-9)12(13)5-6-12/h4,7-8H,5-6,13H2,1-3H3. The molecule has 1 aliphatic carbocycles. The number of pyridine rings is 1. The topological polar surface area (TPSA) is 48.1 Å². The number of ether oxygens (including phenoxy) is 1. The van der Waals surface area contributed by atoms with Gasteiger partial charge in [-0.05, 0) is 39.7 Å². The molecule has 0 aromatic carbocycles. The Balaban J connectivity index is 2.20. The van der Waals surface area contributed by atoms with Gasteiger partial charge in [0.15, 0.2) is 0 Å². The zero-order valence-electron chi connectivity index (χ0n) is 9.58. The largest absolute Gasteiger partial charge is 0.488 e. The second kappa shape index (κ2) is 3.20. The smallest absolute Gasteiger partial charge is 0.123 e. The van der Waals surface area contributed by atoms with Gasteiger partial charge in [0, 0.05) is 12.3 Å². The van der Waals surface area contributed by atoms with Gasteiger partial charge in [-0.25, -0.2) is 0 Å². The minimum atomic E-state index is -0.183. The maximum absolute atomic E-state index is 6.08. The van der Waals surface area contributed by atoms with Crippen molar-refractivity contribution in [2.24, 2.45) is 5.73 Å². The van der Waals surface area contributed by atoms with Crippen LogP contribution in [0.1, 0.15) is 39.3 Å². The highest BCUT2D eigenvalue weighted by Gasteiger charge is 2.41. The molecule has 82 valence electrons. The molecule has 1 saturated carbocycles. The average molecular weight is 206 g/mol. The van der Waals surface area contributed by atoms with Crippen molar-refractivity contribution in [3.8, 4) is 5.75 Å². The van der Waals surface area contributed by atoms with Crippen molar-refractivity contribution < 1.29 is 4.74 Å². The van der Waals surface area contributed by atoms with E-state index in [0.717, 1.165) is 24.3 Å². The first kappa shape index (κ1) is 10.4. The van der Waals surface area contributed by atoms with E-state index in [0.29, 0.717) is 0 Å². The van der Waals surface area contributed by atoms with E-state index in [4.69, 9.17) is 10.5 Å². The monoisotopic (exact) mass is 206 g/mol. The first-order valence-electron chi connectivity index (χ1n) is 5.34. The predicted octanol–water partition coefficient (Wildman–Crippen LogP) is 2.21. The van der Waals surface area contributed by atoms with Gasteiger partial charge in [-0.2, -0.15) is 0 Å². The average Bonchev–Trinajstić information content (AvgIpc) is 2.82. The molecule has 3 nitrogen and oxygen atoms in total. The summed E-state index contributed by atoms with van der Waals surface area (Å²) >= 11 is 0. The molecule has 0 amide bonds. The Morgan fingerprint density at radius 3 is 2.60 bits per heavy atom. The number of nitrogens with zero attached hydrogens (tertiary/aromatic N) is 1. The molecule has 0 unspecified atom stereocenters. The molecule has 2 N–H and O–H groups in total. The molecule has 0 atom stereocenters. The zero-order chi connectivity index (χ0) is 11.1. The fraction of sp³-hybridized carbons (Fsp3) is 0.583. The number of nitrogens with two attached hydrogens (primary N) is 1. The van der Waals surface area contributed by atoms with Gasteiger partial charge in [0.05, 0.1) is 11.2 Å². The van der Waals surface area contributed by atoms with Gasteiger partial charge in [0.1, 0.15) is 11.4 Å². The van der Waals surface area contributed by atoms with Crippen LogP contribution in [0.2, 0.25) is 0 Å². The molecule has 2 rings (SSSR count). The minimum absolute atomic E-state index is 0.177. The summed E-state index contributed by atoms with van der Waals surface area (Å²) < 4.78 is 5.77. The number of rotatable bonds is 2. The SMILES string of the molecule is CC(C)(C)Oc1ccnc(C2(N)CC2)c1. The van der Waals surface area contributed by atoms with Crippen LogP contribution in [-0.4, -0.2) is 10.6 Å². The zero-order valence-corrected chi connectivity index (χ0v) is 9.58. The summed E-state index contributed by atoms with van der Waals surface area (Å²) in [6.45, 7) is 6.09. The van der Waals surface area contributed by atoms with Crippen molar-refractivity contribution in [1.29, 1.82) is 0 Å². The molecule has 0 spiro atoms. The van der Waals surface area contributed by atoms with E-state index in [1.807, 2.05) is 32.9 Å².